The molecule has 2 aliphatic rings. The molecule has 232 valence electrons. The fourth-order valence-corrected chi connectivity index (χ4v) is 8.60. The van der Waals surface area contributed by atoms with Crippen LogP contribution in [0.15, 0.2) is 30.3 Å². The average Bonchev–Trinajstić information content (AvgIpc) is 3.83. The van der Waals surface area contributed by atoms with Crippen molar-refractivity contribution < 1.29 is 27.2 Å². The van der Waals surface area contributed by atoms with Gasteiger partial charge in [0.15, 0.2) is 16.5 Å². The number of hydrogen-bond donors (Lipinski definition) is 2. The maximum absolute atomic E-state index is 14.2. The van der Waals surface area contributed by atoms with Gasteiger partial charge in [0.2, 0.25) is 5.91 Å². The summed E-state index contributed by atoms with van der Waals surface area (Å²) in [4.78, 5) is 26.7. The second-order valence-corrected chi connectivity index (χ2v) is 16.3. The molecule has 1 aromatic carbocycles. The molecule has 3 N–H and O–H groups in total. The lowest BCUT2D eigenvalue weighted by molar-refractivity contribution is -0.890. The molecule has 1 heterocycles. The number of benzene rings is 1. The molecular weight excluding hydrogens is 593 g/mol. The van der Waals surface area contributed by atoms with Crippen LogP contribution in [0, 0.1) is 27.6 Å². The van der Waals surface area contributed by atoms with Crippen molar-refractivity contribution in [1.29, 1.82) is 5.26 Å². The van der Waals surface area contributed by atoms with Crippen molar-refractivity contribution in [3.63, 3.8) is 0 Å². The van der Waals surface area contributed by atoms with Crippen molar-refractivity contribution in [3.05, 3.63) is 35.9 Å². The van der Waals surface area contributed by atoms with Gasteiger partial charge in [-0.25, -0.2) is 4.21 Å². The van der Waals surface area contributed by atoms with Crippen LogP contribution < -0.4 is 11.1 Å². The van der Waals surface area contributed by atoms with E-state index >= 15 is 0 Å². The van der Waals surface area contributed by atoms with E-state index in [4.69, 9.17) is 26.9 Å². The Morgan fingerprint density at radius 1 is 1.29 bits per heavy atom. The minimum atomic E-state index is -1.17. The molecule has 1 aromatic rings. The SMILES string of the molecule is CC(C#N)(CCC(=O)NCCN)C(C)(C)C1(C(=O)OCC[N+](C)(C)CC[C@@H]2OS2=O)CC1(C)SC(=S)c1ccccc1. The Balaban J connectivity index is 1.83. The number of ether oxygens (including phenoxy) is 1. The largest absolute Gasteiger partial charge is 0.459 e. The zero-order valence-corrected chi connectivity index (χ0v) is 28.0. The minimum Gasteiger partial charge on any atom is -0.459 e. The number of nitrogens with two attached hydrogens (primary N) is 1. The molecule has 1 aliphatic carbocycles. The zero-order valence-electron chi connectivity index (χ0n) is 25.6. The molecule has 0 aromatic heterocycles. The number of thiocarbonyl (C=S) groups is 1. The molecule has 12 heteroatoms. The van der Waals surface area contributed by atoms with Crippen LogP contribution in [0.5, 0.6) is 0 Å². The Kier molecular flexibility index (Phi) is 11.0. The number of hydrogen-bond acceptors (Lipinski definition) is 9. The van der Waals surface area contributed by atoms with E-state index in [1.54, 1.807) is 0 Å². The van der Waals surface area contributed by atoms with E-state index < -0.39 is 32.1 Å². The van der Waals surface area contributed by atoms with E-state index in [-0.39, 0.29) is 36.8 Å². The van der Waals surface area contributed by atoms with Crippen LogP contribution in [0.1, 0.15) is 58.9 Å². The summed E-state index contributed by atoms with van der Waals surface area (Å²) in [5.74, 6) is -0.521. The smallest absolute Gasteiger partial charge is 0.314 e. The van der Waals surface area contributed by atoms with Gasteiger partial charge in [-0.05, 0) is 32.3 Å². The van der Waals surface area contributed by atoms with E-state index in [0.717, 1.165) is 12.1 Å². The van der Waals surface area contributed by atoms with Crippen molar-refractivity contribution in [3.8, 4) is 6.07 Å². The fourth-order valence-electron chi connectivity index (χ4n) is 5.79. The first-order valence-corrected chi connectivity index (χ1v) is 16.7. The van der Waals surface area contributed by atoms with Crippen LogP contribution in [-0.4, -0.2) is 81.8 Å². The van der Waals surface area contributed by atoms with Crippen LogP contribution in [0.3, 0.4) is 0 Å². The lowest BCUT2D eigenvalue weighted by atomic mass is 9.56. The second kappa shape index (κ2) is 13.4. The third-order valence-corrected chi connectivity index (χ3v) is 12.2. The van der Waals surface area contributed by atoms with E-state index in [9.17, 15) is 19.1 Å². The normalized spacial score (nSPS) is 26.4. The van der Waals surface area contributed by atoms with Crippen molar-refractivity contribution in [2.24, 2.45) is 22.0 Å². The molecule has 4 unspecified atom stereocenters. The van der Waals surface area contributed by atoms with Gasteiger partial charge in [-0.2, -0.15) is 5.26 Å². The van der Waals surface area contributed by atoms with Crippen LogP contribution in [0.25, 0.3) is 0 Å². The molecule has 1 saturated heterocycles. The van der Waals surface area contributed by atoms with Gasteiger partial charge in [0.1, 0.15) is 13.2 Å². The molecule has 0 spiro atoms. The Labute approximate surface area is 262 Å². The predicted octanol–water partition coefficient (Wildman–Crippen LogP) is 3.68. The first kappa shape index (κ1) is 34.6. The summed E-state index contributed by atoms with van der Waals surface area (Å²) in [6.45, 7) is 9.97. The number of carbonyl (C=O) groups is 2. The fraction of sp³-hybridized carbons (Fsp3) is 0.667. The van der Waals surface area contributed by atoms with Gasteiger partial charge in [0.25, 0.3) is 0 Å². The van der Waals surface area contributed by atoms with Crippen molar-refractivity contribution in [1.82, 2.24) is 5.32 Å². The van der Waals surface area contributed by atoms with Crippen molar-refractivity contribution >= 4 is 51.1 Å². The molecule has 5 atom stereocenters. The maximum Gasteiger partial charge on any atom is 0.314 e. The number of nitrogens with zero attached hydrogens (tertiary/aromatic N) is 2. The van der Waals surface area contributed by atoms with Gasteiger partial charge < -0.3 is 20.3 Å². The highest BCUT2D eigenvalue weighted by Gasteiger charge is 2.80. The number of carbonyl (C=O) groups excluding carboxylic acids is 2. The molecular formula is C30H45N4O5S3+. The number of likely N-dealkylation sites (N-methyl/N-ethyl adjacent to an activating group) is 1. The topological polar surface area (TPSA) is 135 Å². The minimum absolute atomic E-state index is 0.145. The van der Waals surface area contributed by atoms with Gasteiger partial charge >= 0.3 is 5.97 Å². The molecule has 0 radical (unpaired) electrons. The molecule has 2 fully saturated rings. The maximum atomic E-state index is 14.2. The van der Waals surface area contributed by atoms with Gasteiger partial charge in [0.05, 0.1) is 41.7 Å². The van der Waals surface area contributed by atoms with Crippen molar-refractivity contribution in [2.75, 3.05) is 46.9 Å². The number of thioether (sulfide) groups is 1. The van der Waals surface area contributed by atoms with E-state index in [0.29, 0.717) is 41.2 Å². The molecule has 1 saturated carbocycles. The van der Waals surface area contributed by atoms with Crippen molar-refractivity contribution in [2.45, 2.75) is 63.6 Å². The Bertz CT molecular complexity index is 1240. The summed E-state index contributed by atoms with van der Waals surface area (Å²) in [5.41, 5.74) is 3.32. The first-order chi connectivity index (χ1) is 19.6. The standard InChI is InChI=1S/C30H44N4O5S3/c1-27(2,28(3,21-32)14-12-23(35)33-16-15-31)30(20-29(30,4)41-25(40)22-10-8-7-9-11-22)26(36)38-19-18-34(5,6)17-13-24-39-42(24)37/h7-11,24H,12-20,31H2,1-6H3/p+1/t24-,28?,29?,30?,42?/m1/s1. The summed E-state index contributed by atoms with van der Waals surface area (Å²) >= 11 is 6.13. The van der Waals surface area contributed by atoms with Crippen LogP contribution in [0.4, 0.5) is 0 Å². The number of nitriles is 1. The lowest BCUT2D eigenvalue weighted by Crippen LogP contribution is -2.50. The number of quaternary nitrogens is 1. The summed E-state index contributed by atoms with van der Waals surface area (Å²) in [6.07, 6.45) is 1.59. The third kappa shape index (κ3) is 7.42. The van der Waals surface area contributed by atoms with E-state index in [1.807, 2.05) is 72.1 Å². The second-order valence-electron chi connectivity index (χ2n) is 12.9. The van der Waals surface area contributed by atoms with E-state index in [1.165, 1.54) is 11.8 Å². The summed E-state index contributed by atoms with van der Waals surface area (Å²) < 4.78 is 23.1. The zero-order chi connectivity index (χ0) is 31.4. The van der Waals surface area contributed by atoms with Gasteiger partial charge in [0, 0.05) is 36.1 Å². The first-order valence-electron chi connectivity index (χ1n) is 14.3. The Morgan fingerprint density at radius 2 is 1.93 bits per heavy atom. The highest BCUT2D eigenvalue weighted by Crippen LogP contribution is 2.76. The molecule has 0 bridgehead atoms. The monoisotopic (exact) mass is 637 g/mol. The Morgan fingerprint density at radius 3 is 2.50 bits per heavy atom. The third-order valence-electron chi connectivity index (χ3n) is 9.35. The summed E-state index contributed by atoms with van der Waals surface area (Å²) in [6, 6.07) is 12.2. The number of rotatable bonds is 16. The molecule has 1 amide bonds. The molecule has 1 aliphatic heterocycles. The molecule has 3 rings (SSSR count). The average molecular weight is 638 g/mol. The van der Waals surface area contributed by atoms with Crippen LogP contribution in [-0.2, 0) is 29.6 Å². The van der Waals surface area contributed by atoms with Gasteiger partial charge in [-0.3, -0.25) is 13.8 Å². The number of nitrogens with one attached hydrogen (secondary N) is 1. The van der Waals surface area contributed by atoms with E-state index in [2.05, 4.69) is 11.4 Å². The van der Waals surface area contributed by atoms with Crippen LogP contribution in [0.2, 0.25) is 0 Å². The Hall–Kier alpha value is -1.88. The quantitative estimate of drug-likeness (QED) is 0.120. The molecule has 42 heavy (non-hydrogen) atoms. The predicted molar refractivity (Wildman–Crippen MR) is 170 cm³/mol. The van der Waals surface area contributed by atoms with Gasteiger partial charge in [-0.1, -0.05) is 56.4 Å². The summed E-state index contributed by atoms with van der Waals surface area (Å²) in [7, 11) is 4.08. The lowest BCUT2D eigenvalue weighted by Gasteiger charge is -2.46. The van der Waals surface area contributed by atoms with Gasteiger partial charge in [-0.15, -0.1) is 11.8 Å². The molecule has 9 nitrogen and oxygen atoms in total. The number of esters is 1. The highest BCUT2D eigenvalue weighted by atomic mass is 32.2. The highest BCUT2D eigenvalue weighted by molar-refractivity contribution is 8.24. The number of amides is 1. The summed E-state index contributed by atoms with van der Waals surface area (Å²) in [5, 5.41) is 13.3. The van der Waals surface area contributed by atoms with Crippen LogP contribution >= 0.6 is 24.0 Å².